The lowest BCUT2D eigenvalue weighted by atomic mass is 9.88. The van der Waals surface area contributed by atoms with Crippen LogP contribution in [-0.4, -0.2) is 0 Å². The van der Waals surface area contributed by atoms with E-state index in [1.54, 1.807) is 0 Å². The highest BCUT2D eigenvalue weighted by atomic mass is 14.2. The molecule has 0 fully saturated rings. The summed E-state index contributed by atoms with van der Waals surface area (Å²) in [6.45, 7) is 2.26. The molecule has 0 amide bonds. The van der Waals surface area contributed by atoms with Gasteiger partial charge in [0.25, 0.3) is 0 Å². The van der Waals surface area contributed by atoms with E-state index in [0.717, 1.165) is 0 Å². The summed E-state index contributed by atoms with van der Waals surface area (Å²) in [6.07, 6.45) is 0. The van der Waals surface area contributed by atoms with Crippen LogP contribution in [0.25, 0.3) is 76.5 Å². The summed E-state index contributed by atoms with van der Waals surface area (Å²) >= 11 is 0. The normalized spacial score (nSPS) is 11.5. The fourth-order valence-corrected chi connectivity index (χ4v) is 6.58. The van der Waals surface area contributed by atoms with Crippen LogP contribution in [-0.2, 0) is 0 Å². The standard InChI is InChI=1S/C41H28/c1-27-34-18-4-3-12-33(34)25-41-38-21-7-6-20-37(38)40(26-39(27)41)32-17-9-15-30(24-32)29-14-8-16-31(23-29)36-22-10-13-28-11-2-5-19-35(28)36/h2-26H,1H3. The molecule has 8 aromatic rings. The van der Waals surface area contributed by atoms with Crippen LogP contribution >= 0.6 is 0 Å². The van der Waals surface area contributed by atoms with Gasteiger partial charge in [-0.15, -0.1) is 0 Å². The lowest BCUT2D eigenvalue weighted by molar-refractivity contribution is 1.58. The Bertz CT molecular complexity index is 2260. The smallest absolute Gasteiger partial charge is 0.00959 e. The Hall–Kier alpha value is -5.20. The maximum Gasteiger partial charge on any atom is -0.00959 e. The second-order valence-electron chi connectivity index (χ2n) is 11.0. The second-order valence-corrected chi connectivity index (χ2v) is 11.0. The second kappa shape index (κ2) is 9.47. The van der Waals surface area contributed by atoms with Crippen molar-refractivity contribution in [2.75, 3.05) is 0 Å². The highest BCUT2D eigenvalue weighted by Crippen LogP contribution is 2.40. The molecule has 0 spiro atoms. The average molecular weight is 521 g/mol. The van der Waals surface area contributed by atoms with Gasteiger partial charge < -0.3 is 0 Å². The number of aryl methyl sites for hydroxylation is 1. The lowest BCUT2D eigenvalue weighted by Crippen LogP contribution is -1.89. The van der Waals surface area contributed by atoms with Gasteiger partial charge in [0.2, 0.25) is 0 Å². The number of hydrogen-bond donors (Lipinski definition) is 0. The average Bonchev–Trinajstić information content (AvgIpc) is 3.04. The molecule has 8 rings (SSSR count). The Labute approximate surface area is 240 Å². The highest BCUT2D eigenvalue weighted by molar-refractivity contribution is 6.18. The van der Waals surface area contributed by atoms with Crippen molar-refractivity contribution >= 4 is 43.1 Å². The van der Waals surface area contributed by atoms with Gasteiger partial charge in [-0.3, -0.25) is 0 Å². The largest absolute Gasteiger partial charge is 0.0616 e. The van der Waals surface area contributed by atoms with E-state index in [0.29, 0.717) is 0 Å². The predicted molar refractivity (Wildman–Crippen MR) is 178 cm³/mol. The Morgan fingerprint density at radius 3 is 1.59 bits per heavy atom. The third-order valence-corrected chi connectivity index (χ3v) is 8.63. The molecule has 0 bridgehead atoms. The van der Waals surface area contributed by atoms with Crippen molar-refractivity contribution < 1.29 is 0 Å². The monoisotopic (exact) mass is 520 g/mol. The van der Waals surface area contributed by atoms with Crippen molar-refractivity contribution in [2.24, 2.45) is 0 Å². The minimum Gasteiger partial charge on any atom is -0.0616 e. The molecule has 0 aliphatic rings. The third kappa shape index (κ3) is 3.91. The van der Waals surface area contributed by atoms with Crippen molar-refractivity contribution in [1.29, 1.82) is 0 Å². The molecule has 0 aromatic heterocycles. The highest BCUT2D eigenvalue weighted by Gasteiger charge is 2.13. The summed E-state index contributed by atoms with van der Waals surface area (Å²) in [5.41, 5.74) is 8.81. The van der Waals surface area contributed by atoms with Crippen LogP contribution in [0.1, 0.15) is 5.56 Å². The lowest BCUT2D eigenvalue weighted by Gasteiger charge is -2.15. The van der Waals surface area contributed by atoms with E-state index in [2.05, 4.69) is 159 Å². The van der Waals surface area contributed by atoms with Gasteiger partial charge >= 0.3 is 0 Å². The quantitative estimate of drug-likeness (QED) is 0.160. The molecule has 0 heterocycles. The summed E-state index contributed by atoms with van der Waals surface area (Å²) in [6, 6.07) is 55.5. The Morgan fingerprint density at radius 2 is 0.829 bits per heavy atom. The minimum absolute atomic E-state index is 1.23. The number of rotatable bonds is 3. The molecule has 0 atom stereocenters. The van der Waals surface area contributed by atoms with E-state index in [9.17, 15) is 0 Å². The first kappa shape index (κ1) is 23.7. The summed E-state index contributed by atoms with van der Waals surface area (Å²) < 4.78 is 0. The maximum absolute atomic E-state index is 2.41. The summed E-state index contributed by atoms with van der Waals surface area (Å²) in [7, 11) is 0. The van der Waals surface area contributed by atoms with Crippen molar-refractivity contribution in [3.05, 3.63) is 157 Å². The van der Waals surface area contributed by atoms with E-state index in [-0.39, 0.29) is 0 Å². The van der Waals surface area contributed by atoms with Crippen LogP contribution in [0.5, 0.6) is 0 Å². The molecule has 41 heavy (non-hydrogen) atoms. The predicted octanol–water partition coefficient (Wildman–Crippen LogP) is 11.6. The first-order valence-corrected chi connectivity index (χ1v) is 14.3. The Balaban J connectivity index is 1.31. The topological polar surface area (TPSA) is 0 Å². The molecular weight excluding hydrogens is 492 g/mol. The zero-order valence-corrected chi connectivity index (χ0v) is 22.9. The molecule has 0 nitrogen and oxygen atoms in total. The maximum atomic E-state index is 2.41. The van der Waals surface area contributed by atoms with Crippen LogP contribution in [0, 0.1) is 6.92 Å². The zero-order valence-electron chi connectivity index (χ0n) is 22.9. The molecule has 0 saturated carbocycles. The van der Waals surface area contributed by atoms with E-state index in [1.165, 1.54) is 82.0 Å². The molecular formula is C41H28. The molecule has 192 valence electrons. The van der Waals surface area contributed by atoms with Gasteiger partial charge in [-0.1, -0.05) is 127 Å². The van der Waals surface area contributed by atoms with Crippen molar-refractivity contribution in [3.63, 3.8) is 0 Å². The molecule has 0 unspecified atom stereocenters. The number of hydrogen-bond acceptors (Lipinski definition) is 0. The molecule has 0 saturated heterocycles. The zero-order chi connectivity index (χ0) is 27.3. The number of benzene rings is 8. The van der Waals surface area contributed by atoms with E-state index in [1.807, 2.05) is 0 Å². The van der Waals surface area contributed by atoms with Crippen molar-refractivity contribution in [1.82, 2.24) is 0 Å². The summed E-state index contributed by atoms with van der Waals surface area (Å²) in [5.74, 6) is 0. The van der Waals surface area contributed by atoms with Gasteiger partial charge in [0.05, 0.1) is 0 Å². The Morgan fingerprint density at radius 1 is 0.293 bits per heavy atom. The van der Waals surface area contributed by atoms with Crippen LogP contribution < -0.4 is 0 Å². The molecule has 0 N–H and O–H groups in total. The van der Waals surface area contributed by atoms with Gasteiger partial charge in [0, 0.05) is 0 Å². The first-order chi connectivity index (χ1) is 20.2. The fraction of sp³-hybridized carbons (Fsp3) is 0.0244. The van der Waals surface area contributed by atoms with Crippen molar-refractivity contribution in [3.8, 4) is 33.4 Å². The molecule has 0 radical (unpaired) electrons. The van der Waals surface area contributed by atoms with Gasteiger partial charge in [0.15, 0.2) is 0 Å². The van der Waals surface area contributed by atoms with Crippen LogP contribution in [0.2, 0.25) is 0 Å². The molecule has 0 aliphatic carbocycles. The van der Waals surface area contributed by atoms with E-state index < -0.39 is 0 Å². The van der Waals surface area contributed by atoms with E-state index >= 15 is 0 Å². The SMILES string of the molecule is Cc1c2ccccc2cc2c1cc(-c1cccc(-c3cccc(-c4cccc5ccccc45)c3)c1)c1ccccc12. The van der Waals surface area contributed by atoms with E-state index in [4.69, 9.17) is 0 Å². The summed E-state index contributed by atoms with van der Waals surface area (Å²) in [4.78, 5) is 0. The molecule has 8 aromatic carbocycles. The number of fused-ring (bicyclic) bond motifs is 5. The van der Waals surface area contributed by atoms with Gasteiger partial charge in [-0.05, 0) is 113 Å². The van der Waals surface area contributed by atoms with Gasteiger partial charge in [-0.2, -0.15) is 0 Å². The molecule has 0 aliphatic heterocycles. The third-order valence-electron chi connectivity index (χ3n) is 8.63. The molecule has 0 heteroatoms. The summed E-state index contributed by atoms with van der Waals surface area (Å²) in [5, 5.41) is 10.4. The Kier molecular flexibility index (Phi) is 5.47. The minimum atomic E-state index is 1.23. The van der Waals surface area contributed by atoms with Gasteiger partial charge in [-0.25, -0.2) is 0 Å². The van der Waals surface area contributed by atoms with Crippen LogP contribution in [0.3, 0.4) is 0 Å². The van der Waals surface area contributed by atoms with Crippen molar-refractivity contribution in [2.45, 2.75) is 6.92 Å². The van der Waals surface area contributed by atoms with Gasteiger partial charge in [0.1, 0.15) is 0 Å². The van der Waals surface area contributed by atoms with Crippen LogP contribution in [0.15, 0.2) is 152 Å². The fourth-order valence-electron chi connectivity index (χ4n) is 6.58. The first-order valence-electron chi connectivity index (χ1n) is 14.3. The van der Waals surface area contributed by atoms with Crippen LogP contribution in [0.4, 0.5) is 0 Å².